The largest absolute Gasteiger partial charge is 0.481 e. The van der Waals surface area contributed by atoms with E-state index in [0.717, 1.165) is 13.0 Å². The van der Waals surface area contributed by atoms with Crippen molar-refractivity contribution in [1.82, 2.24) is 14.9 Å². The zero-order chi connectivity index (χ0) is 14.2. The molecule has 0 bridgehead atoms. The Labute approximate surface area is 116 Å². The summed E-state index contributed by atoms with van der Waals surface area (Å²) in [7, 11) is 0. The van der Waals surface area contributed by atoms with Gasteiger partial charge in [-0.25, -0.2) is 9.37 Å². The first-order valence-corrected chi connectivity index (χ1v) is 6.35. The molecule has 0 fully saturated rings. The van der Waals surface area contributed by atoms with Crippen LogP contribution in [0.25, 0.3) is 0 Å². The highest BCUT2D eigenvalue weighted by Gasteiger charge is 2.05. The molecule has 0 atom stereocenters. The Balaban J connectivity index is 1.62. The second-order valence-electron chi connectivity index (χ2n) is 4.22. The number of aromatic nitrogens is 2. The van der Waals surface area contributed by atoms with Crippen molar-refractivity contribution in [2.75, 3.05) is 13.2 Å². The van der Waals surface area contributed by atoms with Gasteiger partial charge in [0.1, 0.15) is 0 Å². The molecule has 2 rings (SSSR count). The summed E-state index contributed by atoms with van der Waals surface area (Å²) in [6.07, 6.45) is 6.09. The molecule has 0 unspecified atom stereocenters. The van der Waals surface area contributed by atoms with E-state index in [4.69, 9.17) is 4.74 Å². The first kappa shape index (κ1) is 14.0. The van der Waals surface area contributed by atoms with Crippen molar-refractivity contribution in [1.29, 1.82) is 0 Å². The monoisotopic (exact) mass is 277 g/mol. The molecule has 1 amide bonds. The van der Waals surface area contributed by atoms with Gasteiger partial charge >= 0.3 is 0 Å². The normalized spacial score (nSPS) is 10.2. The van der Waals surface area contributed by atoms with Crippen LogP contribution in [0.1, 0.15) is 6.42 Å². The number of halogens is 1. The summed E-state index contributed by atoms with van der Waals surface area (Å²) in [4.78, 5) is 15.4. The summed E-state index contributed by atoms with van der Waals surface area (Å²) in [5.41, 5.74) is 0. The highest BCUT2D eigenvalue weighted by Crippen LogP contribution is 2.14. The summed E-state index contributed by atoms with van der Waals surface area (Å²) in [5.74, 6) is -0.652. The molecule has 0 saturated carbocycles. The van der Waals surface area contributed by atoms with Gasteiger partial charge in [-0.1, -0.05) is 12.1 Å². The Hall–Kier alpha value is -2.37. The number of rotatable bonds is 7. The van der Waals surface area contributed by atoms with E-state index in [0.29, 0.717) is 6.54 Å². The summed E-state index contributed by atoms with van der Waals surface area (Å²) >= 11 is 0. The Morgan fingerprint density at radius 3 is 3.00 bits per heavy atom. The molecule has 0 saturated heterocycles. The van der Waals surface area contributed by atoms with Gasteiger partial charge in [-0.05, 0) is 18.6 Å². The number of ether oxygens (including phenoxy) is 1. The first-order valence-electron chi connectivity index (χ1n) is 6.35. The van der Waals surface area contributed by atoms with Gasteiger partial charge in [0.2, 0.25) is 0 Å². The van der Waals surface area contributed by atoms with Gasteiger partial charge in [-0.3, -0.25) is 4.79 Å². The lowest BCUT2D eigenvalue weighted by Gasteiger charge is -2.08. The number of nitrogens with one attached hydrogen (secondary N) is 1. The lowest BCUT2D eigenvalue weighted by Crippen LogP contribution is -2.30. The number of para-hydroxylation sites is 1. The highest BCUT2D eigenvalue weighted by atomic mass is 19.1. The van der Waals surface area contributed by atoms with E-state index in [1.54, 1.807) is 24.7 Å². The van der Waals surface area contributed by atoms with Crippen LogP contribution >= 0.6 is 0 Å². The summed E-state index contributed by atoms with van der Waals surface area (Å²) < 4.78 is 20.3. The molecular weight excluding hydrogens is 261 g/mol. The van der Waals surface area contributed by atoms with Gasteiger partial charge in [-0.2, -0.15) is 0 Å². The van der Waals surface area contributed by atoms with E-state index < -0.39 is 5.82 Å². The third-order valence-electron chi connectivity index (χ3n) is 2.67. The van der Waals surface area contributed by atoms with Crippen molar-refractivity contribution in [2.45, 2.75) is 13.0 Å². The Morgan fingerprint density at radius 2 is 2.25 bits per heavy atom. The van der Waals surface area contributed by atoms with Crippen molar-refractivity contribution in [3.63, 3.8) is 0 Å². The maximum Gasteiger partial charge on any atom is 0.257 e. The van der Waals surface area contributed by atoms with Gasteiger partial charge in [-0.15, -0.1) is 0 Å². The van der Waals surface area contributed by atoms with Crippen LogP contribution in [0.5, 0.6) is 5.75 Å². The zero-order valence-electron chi connectivity index (χ0n) is 11.0. The molecule has 1 heterocycles. The van der Waals surface area contributed by atoms with Crippen LogP contribution in [-0.4, -0.2) is 28.6 Å². The second kappa shape index (κ2) is 7.28. The van der Waals surface area contributed by atoms with Gasteiger partial charge in [0, 0.05) is 25.5 Å². The summed E-state index contributed by atoms with van der Waals surface area (Å²) in [5, 5.41) is 2.71. The number of benzene rings is 1. The molecule has 106 valence electrons. The van der Waals surface area contributed by atoms with Crippen LogP contribution in [0.15, 0.2) is 43.0 Å². The molecule has 1 aromatic heterocycles. The van der Waals surface area contributed by atoms with Crippen LogP contribution < -0.4 is 10.1 Å². The van der Waals surface area contributed by atoms with Gasteiger partial charge < -0.3 is 14.6 Å². The van der Waals surface area contributed by atoms with Crippen molar-refractivity contribution in [3.8, 4) is 5.75 Å². The fraction of sp³-hybridized carbons (Fsp3) is 0.286. The lowest BCUT2D eigenvalue weighted by molar-refractivity contribution is -0.123. The molecular formula is C14H16FN3O2. The van der Waals surface area contributed by atoms with Gasteiger partial charge in [0.25, 0.3) is 5.91 Å². The molecule has 0 aliphatic carbocycles. The smallest absolute Gasteiger partial charge is 0.257 e. The second-order valence-corrected chi connectivity index (χ2v) is 4.22. The molecule has 1 N–H and O–H groups in total. The van der Waals surface area contributed by atoms with Crippen LogP contribution in [0.3, 0.4) is 0 Å². The minimum absolute atomic E-state index is 0.0843. The molecule has 20 heavy (non-hydrogen) atoms. The Bertz CT molecular complexity index is 543. The molecule has 0 aliphatic rings. The average molecular weight is 277 g/mol. The minimum atomic E-state index is -0.472. The van der Waals surface area contributed by atoms with Crippen LogP contribution in [-0.2, 0) is 11.3 Å². The van der Waals surface area contributed by atoms with E-state index in [9.17, 15) is 9.18 Å². The topological polar surface area (TPSA) is 56.1 Å². The first-order chi connectivity index (χ1) is 9.75. The molecule has 0 spiro atoms. The standard InChI is InChI=1S/C14H16FN3O2/c15-12-4-1-2-5-13(12)20-10-14(19)17-6-3-8-18-9-7-16-11-18/h1-2,4-5,7,9,11H,3,6,8,10H2,(H,17,19). The fourth-order valence-electron chi connectivity index (χ4n) is 1.66. The molecule has 0 aliphatic heterocycles. The molecule has 0 radical (unpaired) electrons. The van der Waals surface area contributed by atoms with Crippen molar-refractivity contribution < 1.29 is 13.9 Å². The maximum atomic E-state index is 13.2. The summed E-state index contributed by atoms with van der Waals surface area (Å²) in [6.45, 7) is 1.14. The summed E-state index contributed by atoms with van der Waals surface area (Å²) in [6, 6.07) is 6.00. The van der Waals surface area contributed by atoms with E-state index in [1.165, 1.54) is 12.1 Å². The molecule has 6 heteroatoms. The number of hydrogen-bond donors (Lipinski definition) is 1. The highest BCUT2D eigenvalue weighted by molar-refractivity contribution is 5.77. The molecule has 2 aromatic rings. The van der Waals surface area contributed by atoms with Gasteiger partial charge in [0.15, 0.2) is 18.2 Å². The van der Waals surface area contributed by atoms with E-state index in [-0.39, 0.29) is 18.3 Å². The van der Waals surface area contributed by atoms with Crippen molar-refractivity contribution in [2.24, 2.45) is 0 Å². The lowest BCUT2D eigenvalue weighted by atomic mass is 10.3. The van der Waals surface area contributed by atoms with E-state index in [2.05, 4.69) is 10.3 Å². The average Bonchev–Trinajstić information content (AvgIpc) is 2.96. The predicted octanol–water partition coefficient (Wildman–Crippen LogP) is 1.61. The predicted molar refractivity (Wildman–Crippen MR) is 71.7 cm³/mol. The number of carbonyl (C=O) groups is 1. The number of imidazole rings is 1. The molecule has 5 nitrogen and oxygen atoms in total. The number of nitrogens with zero attached hydrogens (tertiary/aromatic N) is 2. The van der Waals surface area contributed by atoms with Crippen LogP contribution in [0, 0.1) is 5.82 Å². The Kier molecular flexibility index (Phi) is 5.11. The minimum Gasteiger partial charge on any atom is -0.481 e. The fourth-order valence-corrected chi connectivity index (χ4v) is 1.66. The number of hydrogen-bond acceptors (Lipinski definition) is 3. The quantitative estimate of drug-likeness (QED) is 0.782. The number of aryl methyl sites for hydroxylation is 1. The molecule has 1 aromatic carbocycles. The van der Waals surface area contributed by atoms with Crippen molar-refractivity contribution in [3.05, 3.63) is 48.8 Å². The number of carbonyl (C=O) groups excluding carboxylic acids is 1. The van der Waals surface area contributed by atoms with E-state index >= 15 is 0 Å². The SMILES string of the molecule is O=C(COc1ccccc1F)NCCCn1ccnc1. The van der Waals surface area contributed by atoms with Crippen LogP contribution in [0.4, 0.5) is 4.39 Å². The third kappa shape index (κ3) is 4.38. The maximum absolute atomic E-state index is 13.2. The zero-order valence-corrected chi connectivity index (χ0v) is 11.0. The van der Waals surface area contributed by atoms with Gasteiger partial charge in [0.05, 0.1) is 6.33 Å². The van der Waals surface area contributed by atoms with E-state index in [1.807, 2.05) is 10.8 Å². The Morgan fingerprint density at radius 1 is 1.40 bits per heavy atom. The number of amides is 1. The third-order valence-corrected chi connectivity index (χ3v) is 2.67. The van der Waals surface area contributed by atoms with Crippen molar-refractivity contribution >= 4 is 5.91 Å². The van der Waals surface area contributed by atoms with Crippen LogP contribution in [0.2, 0.25) is 0 Å².